The van der Waals surface area contributed by atoms with Crippen molar-refractivity contribution in [3.05, 3.63) is 64.3 Å². The number of nitrogens with one attached hydrogen (secondary N) is 1. The molecule has 3 rings (SSSR count). The van der Waals surface area contributed by atoms with Crippen molar-refractivity contribution < 1.29 is 28.5 Å². The van der Waals surface area contributed by atoms with Gasteiger partial charge in [0.05, 0.1) is 38.1 Å². The summed E-state index contributed by atoms with van der Waals surface area (Å²) in [6.07, 6.45) is 0. The number of hydrogen-bond donors (Lipinski definition) is 1. The third-order valence-corrected chi connectivity index (χ3v) is 5.23. The lowest BCUT2D eigenvalue weighted by Crippen LogP contribution is -2.48. The summed E-state index contributed by atoms with van der Waals surface area (Å²) >= 11 is 6.04. The Kier molecular flexibility index (Phi) is 7.48. The van der Waals surface area contributed by atoms with Crippen molar-refractivity contribution in [1.82, 2.24) is 10.2 Å². The van der Waals surface area contributed by atoms with E-state index in [1.165, 1.54) is 19.1 Å². The molecule has 0 unspecified atom stereocenters. The van der Waals surface area contributed by atoms with Gasteiger partial charge in [-0.05, 0) is 43.3 Å². The summed E-state index contributed by atoms with van der Waals surface area (Å²) in [5, 5.41) is 3.36. The summed E-state index contributed by atoms with van der Waals surface area (Å²) in [7, 11) is 4.61. The maximum absolute atomic E-state index is 13.1. The molecule has 0 fully saturated rings. The number of esters is 1. The molecule has 32 heavy (non-hydrogen) atoms. The number of benzene rings is 2. The first-order valence-electron chi connectivity index (χ1n) is 9.94. The molecule has 0 radical (unpaired) electrons. The van der Waals surface area contributed by atoms with E-state index >= 15 is 0 Å². The summed E-state index contributed by atoms with van der Waals surface area (Å²) in [4.78, 5) is 27.2. The van der Waals surface area contributed by atoms with E-state index in [1.807, 2.05) is 0 Å². The van der Waals surface area contributed by atoms with E-state index in [-0.39, 0.29) is 18.8 Å². The average molecular weight is 461 g/mol. The van der Waals surface area contributed by atoms with Crippen LogP contribution in [0, 0.1) is 0 Å². The molecule has 0 saturated carbocycles. The number of methoxy groups -OCH3 is 2. The largest absolute Gasteiger partial charge is 0.497 e. The van der Waals surface area contributed by atoms with Crippen LogP contribution >= 0.6 is 11.6 Å². The third-order valence-electron chi connectivity index (χ3n) is 4.99. The van der Waals surface area contributed by atoms with Gasteiger partial charge in [-0.25, -0.2) is 9.59 Å². The fourth-order valence-corrected chi connectivity index (χ4v) is 3.57. The van der Waals surface area contributed by atoms with Gasteiger partial charge in [-0.15, -0.1) is 0 Å². The molecule has 0 spiro atoms. The summed E-state index contributed by atoms with van der Waals surface area (Å²) in [5.74, 6) is 0.966. The molecule has 1 aliphatic heterocycles. The van der Waals surface area contributed by atoms with Crippen LogP contribution in [0.1, 0.15) is 18.5 Å². The normalized spacial score (nSPS) is 15.8. The molecular weight excluding hydrogens is 436 g/mol. The van der Waals surface area contributed by atoms with Crippen LogP contribution in [0.2, 0.25) is 5.02 Å². The third kappa shape index (κ3) is 4.91. The van der Waals surface area contributed by atoms with Crippen LogP contribution in [0.15, 0.2) is 53.7 Å². The molecule has 1 aliphatic rings. The maximum Gasteiger partial charge on any atom is 0.338 e. The molecule has 0 aromatic heterocycles. The van der Waals surface area contributed by atoms with Gasteiger partial charge < -0.3 is 24.3 Å². The van der Waals surface area contributed by atoms with Crippen molar-refractivity contribution in [2.75, 3.05) is 34.5 Å². The number of likely N-dealkylation sites (N-methyl/N-ethyl adjacent to an activating group) is 1. The number of nitrogens with zero attached hydrogens (tertiary/aromatic N) is 1. The first kappa shape index (κ1) is 23.3. The molecule has 2 amide bonds. The highest BCUT2D eigenvalue weighted by atomic mass is 35.5. The van der Waals surface area contributed by atoms with Crippen molar-refractivity contribution in [2.24, 2.45) is 0 Å². The predicted octanol–water partition coefficient (Wildman–Crippen LogP) is 3.95. The van der Waals surface area contributed by atoms with Crippen molar-refractivity contribution in [3.8, 4) is 17.2 Å². The van der Waals surface area contributed by atoms with Gasteiger partial charge >= 0.3 is 12.0 Å². The van der Waals surface area contributed by atoms with Crippen LogP contribution in [-0.2, 0) is 9.53 Å². The number of amides is 2. The van der Waals surface area contributed by atoms with E-state index in [0.29, 0.717) is 33.5 Å². The average Bonchev–Trinajstić information content (AvgIpc) is 2.79. The fraction of sp³-hybridized carbons (Fsp3) is 0.304. The quantitative estimate of drug-likeness (QED) is 0.600. The first-order chi connectivity index (χ1) is 15.4. The van der Waals surface area contributed by atoms with Gasteiger partial charge in [-0.2, -0.15) is 0 Å². The molecule has 1 N–H and O–H groups in total. The Balaban J connectivity index is 2.11. The molecule has 9 heteroatoms. The van der Waals surface area contributed by atoms with E-state index < -0.39 is 18.0 Å². The molecule has 2 aromatic carbocycles. The van der Waals surface area contributed by atoms with Gasteiger partial charge in [0.15, 0.2) is 0 Å². The summed E-state index contributed by atoms with van der Waals surface area (Å²) in [5.41, 5.74) is 1.15. The van der Waals surface area contributed by atoms with Crippen molar-refractivity contribution in [2.45, 2.75) is 13.0 Å². The number of rotatable bonds is 8. The minimum atomic E-state index is -0.833. The van der Waals surface area contributed by atoms with E-state index in [4.69, 9.17) is 30.5 Å². The maximum atomic E-state index is 13.1. The summed E-state index contributed by atoms with van der Waals surface area (Å²) in [6.45, 7) is 1.83. The Morgan fingerprint density at radius 3 is 2.56 bits per heavy atom. The Labute approximate surface area is 191 Å². The number of carbonyl (C=O) groups is 2. The highest BCUT2D eigenvalue weighted by Gasteiger charge is 2.38. The Hall–Kier alpha value is -3.39. The topological polar surface area (TPSA) is 86.3 Å². The van der Waals surface area contributed by atoms with E-state index in [9.17, 15) is 9.59 Å². The molecule has 2 aromatic rings. The van der Waals surface area contributed by atoms with Gasteiger partial charge in [-0.3, -0.25) is 4.90 Å². The van der Waals surface area contributed by atoms with Crippen molar-refractivity contribution in [3.63, 3.8) is 0 Å². The van der Waals surface area contributed by atoms with Gasteiger partial charge in [0.2, 0.25) is 0 Å². The molecule has 1 heterocycles. The number of halogens is 1. The number of carbonyl (C=O) groups excluding carboxylic acids is 2. The van der Waals surface area contributed by atoms with Crippen LogP contribution in [0.5, 0.6) is 17.2 Å². The second kappa shape index (κ2) is 10.3. The van der Waals surface area contributed by atoms with Gasteiger partial charge in [0, 0.05) is 17.6 Å². The molecule has 1 atom stereocenters. The Bertz CT molecular complexity index is 1040. The van der Waals surface area contributed by atoms with Gasteiger partial charge in [0.25, 0.3) is 0 Å². The Morgan fingerprint density at radius 2 is 1.91 bits per heavy atom. The smallest absolute Gasteiger partial charge is 0.338 e. The monoisotopic (exact) mass is 460 g/mol. The number of ether oxygens (including phenoxy) is 4. The lowest BCUT2D eigenvalue weighted by molar-refractivity contribution is -0.139. The zero-order valence-electron chi connectivity index (χ0n) is 18.3. The SMILES string of the molecule is CCOC(=O)C1=C(COc2cccc(Cl)c2)N(C)C(=O)N[C@@H]1c1cc(OC)ccc1OC. The molecular formula is C23H25ClN2O6. The minimum absolute atomic E-state index is 0.0544. The molecule has 8 nitrogen and oxygen atoms in total. The van der Waals surface area contributed by atoms with Crippen molar-refractivity contribution in [1.29, 1.82) is 0 Å². The van der Waals surface area contributed by atoms with Crippen LogP contribution < -0.4 is 19.5 Å². The molecule has 0 aliphatic carbocycles. The van der Waals surface area contributed by atoms with E-state index in [0.717, 1.165) is 0 Å². The van der Waals surface area contributed by atoms with Crippen LogP contribution in [0.3, 0.4) is 0 Å². The highest BCUT2D eigenvalue weighted by Crippen LogP contribution is 2.37. The molecule has 170 valence electrons. The second-order valence-electron chi connectivity index (χ2n) is 6.88. The second-order valence-corrected chi connectivity index (χ2v) is 7.31. The summed E-state index contributed by atoms with van der Waals surface area (Å²) in [6, 6.07) is 10.8. The van der Waals surface area contributed by atoms with Crippen molar-refractivity contribution >= 4 is 23.6 Å². The zero-order valence-corrected chi connectivity index (χ0v) is 19.1. The lowest BCUT2D eigenvalue weighted by atomic mass is 9.93. The van der Waals surface area contributed by atoms with Gasteiger partial charge in [0.1, 0.15) is 23.9 Å². The standard InChI is InChI=1S/C23H25ClN2O6/c1-5-31-22(27)20-18(13-32-16-8-6-7-14(24)11-16)26(2)23(28)25-21(20)17-12-15(29-3)9-10-19(17)30-4/h6-12,21H,5,13H2,1-4H3,(H,25,28)/t21-/m1/s1. The van der Waals surface area contributed by atoms with E-state index in [2.05, 4.69) is 5.32 Å². The Morgan fingerprint density at radius 1 is 1.12 bits per heavy atom. The predicted molar refractivity (Wildman–Crippen MR) is 119 cm³/mol. The highest BCUT2D eigenvalue weighted by molar-refractivity contribution is 6.30. The molecule has 0 bridgehead atoms. The zero-order chi connectivity index (χ0) is 23.3. The number of hydrogen-bond acceptors (Lipinski definition) is 6. The van der Waals surface area contributed by atoms with E-state index in [1.54, 1.807) is 56.4 Å². The summed E-state index contributed by atoms with van der Waals surface area (Å²) < 4.78 is 22.0. The minimum Gasteiger partial charge on any atom is -0.497 e. The lowest BCUT2D eigenvalue weighted by Gasteiger charge is -2.35. The van der Waals surface area contributed by atoms with Crippen LogP contribution in [0.4, 0.5) is 4.79 Å². The van der Waals surface area contributed by atoms with Gasteiger partial charge in [-0.1, -0.05) is 17.7 Å². The fourth-order valence-electron chi connectivity index (χ4n) is 3.39. The molecule has 0 saturated heterocycles. The first-order valence-corrected chi connectivity index (χ1v) is 10.3. The van der Waals surface area contributed by atoms with Crippen LogP contribution in [-0.4, -0.2) is 51.4 Å². The number of urea groups is 1. The van der Waals surface area contributed by atoms with Crippen LogP contribution in [0.25, 0.3) is 0 Å².